The second-order valence-electron chi connectivity index (χ2n) is 7.11. The van der Waals surface area contributed by atoms with Gasteiger partial charge in [-0.05, 0) is 17.7 Å². The fourth-order valence-corrected chi connectivity index (χ4v) is 3.36. The molecule has 0 saturated carbocycles. The monoisotopic (exact) mass is 420 g/mol. The van der Waals surface area contributed by atoms with E-state index < -0.39 is 6.09 Å². The van der Waals surface area contributed by atoms with Crippen LogP contribution in [0.2, 0.25) is 0 Å². The molecule has 0 radical (unpaired) electrons. The predicted molar refractivity (Wildman–Crippen MR) is 115 cm³/mol. The molecule has 1 saturated heterocycles. The van der Waals surface area contributed by atoms with Crippen LogP contribution in [0.15, 0.2) is 67.3 Å². The molecule has 3 heterocycles. The number of piperazine rings is 1. The van der Waals surface area contributed by atoms with Crippen LogP contribution < -0.4 is 10.2 Å². The number of rotatable bonds is 6. The second kappa shape index (κ2) is 9.75. The van der Waals surface area contributed by atoms with E-state index in [1.165, 1.54) is 0 Å². The number of carbonyl (C=O) groups excluding carboxylic acids is 2. The van der Waals surface area contributed by atoms with Gasteiger partial charge in [0, 0.05) is 44.6 Å². The number of hydrogen-bond donors (Lipinski definition) is 1. The lowest BCUT2D eigenvalue weighted by Crippen LogP contribution is -2.51. The molecular formula is C22H24N6O3. The minimum atomic E-state index is -0.602. The Morgan fingerprint density at radius 1 is 0.935 bits per heavy atom. The van der Waals surface area contributed by atoms with E-state index in [9.17, 15) is 9.59 Å². The van der Waals surface area contributed by atoms with E-state index in [2.05, 4.69) is 20.2 Å². The van der Waals surface area contributed by atoms with E-state index in [1.807, 2.05) is 65.5 Å². The third-order valence-electron chi connectivity index (χ3n) is 5.06. The number of amides is 2. The van der Waals surface area contributed by atoms with Crippen LogP contribution in [-0.2, 0) is 16.1 Å². The molecule has 1 fully saturated rings. The number of hydrogen-bond acceptors (Lipinski definition) is 6. The summed E-state index contributed by atoms with van der Waals surface area (Å²) in [6, 6.07) is 15.2. The smallest absolute Gasteiger partial charge is 0.407 e. The number of aromatic nitrogens is 3. The van der Waals surface area contributed by atoms with Crippen molar-refractivity contribution in [1.29, 1.82) is 0 Å². The molecule has 0 unspecified atom stereocenters. The molecule has 9 nitrogen and oxygen atoms in total. The van der Waals surface area contributed by atoms with Gasteiger partial charge in [-0.2, -0.15) is 0 Å². The lowest BCUT2D eigenvalue weighted by Gasteiger charge is -2.35. The Hall–Kier alpha value is -3.88. The molecule has 9 heteroatoms. The third-order valence-corrected chi connectivity index (χ3v) is 5.06. The molecule has 0 spiro atoms. The standard InChI is InChI=1S/C22H24N6O3/c29-21(15-23-22(30)31-16-18-6-2-1-3-7-18)28-12-10-27(11-13-28)20-14-19(24-17-25-20)26-8-4-5-9-26/h1-9,14,17H,10-13,15-16H2,(H,23,30). The van der Waals surface area contributed by atoms with Crippen LogP contribution in [0.4, 0.5) is 10.6 Å². The Morgan fingerprint density at radius 2 is 1.65 bits per heavy atom. The van der Waals surface area contributed by atoms with E-state index >= 15 is 0 Å². The van der Waals surface area contributed by atoms with Gasteiger partial charge in [-0.3, -0.25) is 4.79 Å². The Morgan fingerprint density at radius 3 is 2.39 bits per heavy atom. The summed E-state index contributed by atoms with van der Waals surface area (Å²) in [5.41, 5.74) is 0.893. The number of benzene rings is 1. The van der Waals surface area contributed by atoms with Gasteiger partial charge in [0.25, 0.3) is 0 Å². The van der Waals surface area contributed by atoms with Crippen LogP contribution in [0.3, 0.4) is 0 Å². The third kappa shape index (κ3) is 5.39. The van der Waals surface area contributed by atoms with Crippen LogP contribution in [0.5, 0.6) is 0 Å². The topological polar surface area (TPSA) is 92.6 Å². The molecule has 160 valence electrons. The Balaban J connectivity index is 1.22. The highest BCUT2D eigenvalue weighted by molar-refractivity contribution is 5.82. The second-order valence-corrected chi connectivity index (χ2v) is 7.11. The first-order valence-electron chi connectivity index (χ1n) is 10.1. The van der Waals surface area contributed by atoms with Crippen molar-refractivity contribution in [3.05, 3.63) is 72.8 Å². The quantitative estimate of drug-likeness (QED) is 0.654. The molecule has 0 aliphatic carbocycles. The summed E-state index contributed by atoms with van der Waals surface area (Å²) in [6.45, 7) is 2.52. The zero-order valence-electron chi connectivity index (χ0n) is 17.1. The molecule has 1 aliphatic heterocycles. The van der Waals surface area contributed by atoms with Gasteiger partial charge in [-0.15, -0.1) is 0 Å². The predicted octanol–water partition coefficient (Wildman–Crippen LogP) is 1.84. The summed E-state index contributed by atoms with van der Waals surface area (Å²) in [5, 5.41) is 2.53. The zero-order valence-corrected chi connectivity index (χ0v) is 17.1. The lowest BCUT2D eigenvalue weighted by molar-refractivity contribution is -0.130. The molecular weight excluding hydrogens is 396 g/mol. The van der Waals surface area contributed by atoms with Crippen molar-refractivity contribution in [2.24, 2.45) is 0 Å². The van der Waals surface area contributed by atoms with Gasteiger partial charge < -0.3 is 24.4 Å². The largest absolute Gasteiger partial charge is 0.445 e. The van der Waals surface area contributed by atoms with Crippen LogP contribution in [0.25, 0.3) is 5.82 Å². The summed E-state index contributed by atoms with van der Waals surface area (Å²) in [7, 11) is 0. The van der Waals surface area contributed by atoms with Crippen molar-refractivity contribution in [1.82, 2.24) is 24.8 Å². The summed E-state index contributed by atoms with van der Waals surface area (Å²) in [5.74, 6) is 1.49. The Kier molecular flexibility index (Phi) is 6.41. The first-order valence-corrected chi connectivity index (χ1v) is 10.1. The van der Waals surface area contributed by atoms with Gasteiger partial charge in [0.05, 0.1) is 0 Å². The van der Waals surface area contributed by atoms with E-state index in [-0.39, 0.29) is 19.1 Å². The van der Waals surface area contributed by atoms with Gasteiger partial charge >= 0.3 is 6.09 Å². The number of alkyl carbamates (subject to hydrolysis) is 1. The summed E-state index contributed by atoms with van der Waals surface area (Å²) in [4.78, 5) is 36.8. The van der Waals surface area contributed by atoms with Gasteiger partial charge in [-0.1, -0.05) is 30.3 Å². The van der Waals surface area contributed by atoms with Gasteiger partial charge in [0.2, 0.25) is 5.91 Å². The lowest BCUT2D eigenvalue weighted by atomic mass is 10.2. The number of nitrogens with one attached hydrogen (secondary N) is 1. The van der Waals surface area contributed by atoms with Gasteiger partial charge in [0.15, 0.2) is 0 Å². The van der Waals surface area contributed by atoms with Crippen LogP contribution in [-0.4, -0.2) is 64.2 Å². The van der Waals surface area contributed by atoms with Crippen molar-refractivity contribution in [3.8, 4) is 5.82 Å². The molecule has 3 aromatic rings. The molecule has 1 N–H and O–H groups in total. The van der Waals surface area contributed by atoms with Crippen LogP contribution >= 0.6 is 0 Å². The fraction of sp³-hybridized carbons (Fsp3) is 0.273. The molecule has 0 atom stereocenters. The highest BCUT2D eigenvalue weighted by Gasteiger charge is 2.22. The highest BCUT2D eigenvalue weighted by Crippen LogP contribution is 2.16. The van der Waals surface area contributed by atoms with Crippen LogP contribution in [0.1, 0.15) is 5.56 Å². The maximum atomic E-state index is 12.4. The minimum absolute atomic E-state index is 0.0844. The van der Waals surface area contributed by atoms with Crippen molar-refractivity contribution in [2.75, 3.05) is 37.6 Å². The molecule has 4 rings (SSSR count). The normalized spacial score (nSPS) is 13.7. The number of nitrogens with zero attached hydrogens (tertiary/aromatic N) is 5. The van der Waals surface area contributed by atoms with Crippen molar-refractivity contribution < 1.29 is 14.3 Å². The van der Waals surface area contributed by atoms with Crippen molar-refractivity contribution in [2.45, 2.75) is 6.61 Å². The SMILES string of the molecule is O=C(NCC(=O)N1CCN(c2cc(-n3cccc3)ncn2)CC1)OCc1ccccc1. The minimum Gasteiger partial charge on any atom is -0.445 e. The van der Waals surface area contributed by atoms with Crippen LogP contribution in [0, 0.1) is 0 Å². The number of carbonyl (C=O) groups is 2. The van der Waals surface area contributed by atoms with E-state index in [1.54, 1.807) is 11.2 Å². The number of ether oxygens (including phenoxy) is 1. The molecule has 0 bridgehead atoms. The summed E-state index contributed by atoms with van der Waals surface area (Å²) >= 11 is 0. The Labute approximate surface area is 180 Å². The summed E-state index contributed by atoms with van der Waals surface area (Å²) < 4.78 is 7.06. The van der Waals surface area contributed by atoms with E-state index in [0.29, 0.717) is 26.2 Å². The molecule has 31 heavy (non-hydrogen) atoms. The van der Waals surface area contributed by atoms with Gasteiger partial charge in [0.1, 0.15) is 31.1 Å². The molecule has 1 aliphatic rings. The molecule has 1 aromatic carbocycles. The fourth-order valence-electron chi connectivity index (χ4n) is 3.36. The number of anilines is 1. The first kappa shape index (κ1) is 20.4. The molecule has 2 aromatic heterocycles. The van der Waals surface area contributed by atoms with Crippen molar-refractivity contribution >= 4 is 17.8 Å². The van der Waals surface area contributed by atoms with E-state index in [0.717, 1.165) is 17.2 Å². The average Bonchev–Trinajstić information content (AvgIpc) is 3.37. The first-order chi connectivity index (χ1) is 15.2. The average molecular weight is 420 g/mol. The van der Waals surface area contributed by atoms with Gasteiger partial charge in [-0.25, -0.2) is 14.8 Å². The highest BCUT2D eigenvalue weighted by atomic mass is 16.5. The van der Waals surface area contributed by atoms with E-state index in [4.69, 9.17) is 4.74 Å². The summed E-state index contributed by atoms with van der Waals surface area (Å²) in [6.07, 6.45) is 4.81. The van der Waals surface area contributed by atoms with Crippen molar-refractivity contribution in [3.63, 3.8) is 0 Å². The Bertz CT molecular complexity index is 1000. The molecule has 2 amide bonds. The maximum absolute atomic E-state index is 12.4. The maximum Gasteiger partial charge on any atom is 0.407 e. The zero-order chi connectivity index (χ0) is 21.5.